The number of aromatic nitrogens is 1. The topological polar surface area (TPSA) is 93.2 Å². The average Bonchev–Trinajstić information content (AvgIpc) is 2.71. The summed E-state index contributed by atoms with van der Waals surface area (Å²) in [5, 5.41) is 16.7. The molecule has 1 aromatic carbocycles. The van der Waals surface area contributed by atoms with Crippen LogP contribution in [0.25, 0.3) is 11.1 Å². The lowest BCUT2D eigenvalue weighted by atomic mass is 10.3. The predicted octanol–water partition coefficient (Wildman–Crippen LogP) is 1.37. The molecule has 2 N–H and O–H groups in total. The molecule has 0 bridgehead atoms. The second-order valence-corrected chi connectivity index (χ2v) is 3.43. The van der Waals surface area contributed by atoms with Gasteiger partial charge in [0, 0.05) is 19.2 Å². The molecule has 0 saturated carbocycles. The highest BCUT2D eigenvalue weighted by atomic mass is 16.6. The lowest BCUT2D eigenvalue weighted by Gasteiger charge is -1.98. The summed E-state index contributed by atoms with van der Waals surface area (Å²) in [6, 6.07) is 4.92. The molecule has 17 heavy (non-hydrogen) atoms. The summed E-state index contributed by atoms with van der Waals surface area (Å²) in [7, 11) is 1.83. The number of nitrogens with one attached hydrogen (secondary N) is 2. The second-order valence-electron chi connectivity index (χ2n) is 3.43. The minimum atomic E-state index is -0.470. The Morgan fingerprint density at radius 1 is 1.47 bits per heavy atom. The molecule has 0 atom stereocenters. The third-order valence-electron chi connectivity index (χ3n) is 2.25. The normalized spacial score (nSPS) is 10.6. The molecule has 0 saturated heterocycles. The molecular weight excluding hydrogens is 224 g/mol. The van der Waals surface area contributed by atoms with Gasteiger partial charge < -0.3 is 15.1 Å². The Labute approximate surface area is 97.0 Å². The van der Waals surface area contributed by atoms with Gasteiger partial charge in [0.1, 0.15) is 0 Å². The number of oxazole rings is 1. The van der Waals surface area contributed by atoms with E-state index in [1.165, 1.54) is 6.07 Å². The van der Waals surface area contributed by atoms with Crippen LogP contribution in [0.15, 0.2) is 22.6 Å². The lowest BCUT2D eigenvalue weighted by Crippen LogP contribution is -2.17. The van der Waals surface area contributed by atoms with Crippen LogP contribution in [0.4, 0.5) is 11.7 Å². The molecular formula is C10H12N4O3. The summed E-state index contributed by atoms with van der Waals surface area (Å²) in [4.78, 5) is 14.4. The van der Waals surface area contributed by atoms with Crippen LogP contribution < -0.4 is 10.6 Å². The van der Waals surface area contributed by atoms with Crippen molar-refractivity contribution >= 4 is 22.8 Å². The number of para-hydroxylation sites is 1. The van der Waals surface area contributed by atoms with Crippen LogP contribution in [0.1, 0.15) is 0 Å². The number of benzene rings is 1. The highest BCUT2D eigenvalue weighted by Crippen LogP contribution is 2.26. The Hall–Kier alpha value is -2.15. The van der Waals surface area contributed by atoms with Crippen LogP contribution in [-0.4, -0.2) is 30.0 Å². The van der Waals surface area contributed by atoms with E-state index >= 15 is 0 Å². The van der Waals surface area contributed by atoms with E-state index in [0.717, 1.165) is 6.54 Å². The van der Waals surface area contributed by atoms with Gasteiger partial charge in [-0.05, 0) is 13.1 Å². The highest BCUT2D eigenvalue weighted by molar-refractivity contribution is 5.83. The molecule has 0 aliphatic rings. The van der Waals surface area contributed by atoms with E-state index in [1.54, 1.807) is 12.1 Å². The van der Waals surface area contributed by atoms with Crippen molar-refractivity contribution in [2.45, 2.75) is 0 Å². The van der Waals surface area contributed by atoms with E-state index in [9.17, 15) is 10.1 Å². The minimum Gasteiger partial charge on any atom is -0.423 e. The molecule has 0 fully saturated rings. The number of fused-ring (bicyclic) bond motifs is 1. The number of anilines is 1. The first kappa shape index (κ1) is 11.3. The van der Waals surface area contributed by atoms with Gasteiger partial charge in [-0.15, -0.1) is 0 Å². The maximum absolute atomic E-state index is 10.8. The molecule has 2 rings (SSSR count). The summed E-state index contributed by atoms with van der Waals surface area (Å²) in [5.74, 6) is 0. The van der Waals surface area contributed by atoms with E-state index in [-0.39, 0.29) is 11.2 Å². The van der Waals surface area contributed by atoms with Crippen molar-refractivity contribution < 1.29 is 9.34 Å². The molecule has 7 nitrogen and oxygen atoms in total. The molecule has 0 spiro atoms. The van der Waals surface area contributed by atoms with E-state index < -0.39 is 4.92 Å². The smallest absolute Gasteiger partial charge is 0.298 e. The zero-order valence-corrected chi connectivity index (χ0v) is 9.27. The molecule has 1 aromatic heterocycles. The Morgan fingerprint density at radius 3 is 3.00 bits per heavy atom. The van der Waals surface area contributed by atoms with E-state index in [2.05, 4.69) is 15.6 Å². The van der Waals surface area contributed by atoms with Crippen LogP contribution in [0.5, 0.6) is 0 Å². The van der Waals surface area contributed by atoms with Crippen LogP contribution in [0.2, 0.25) is 0 Å². The van der Waals surface area contributed by atoms with Crippen molar-refractivity contribution in [2.24, 2.45) is 0 Å². The number of likely N-dealkylation sites (N-methyl/N-ethyl adjacent to an activating group) is 1. The van der Waals surface area contributed by atoms with Crippen LogP contribution in [-0.2, 0) is 0 Å². The largest absolute Gasteiger partial charge is 0.423 e. The Kier molecular flexibility index (Phi) is 3.20. The van der Waals surface area contributed by atoms with E-state index in [4.69, 9.17) is 4.42 Å². The highest BCUT2D eigenvalue weighted by Gasteiger charge is 2.16. The molecule has 0 radical (unpaired) electrons. The number of non-ortho nitro benzene ring substituents is 1. The van der Waals surface area contributed by atoms with Crippen LogP contribution >= 0.6 is 0 Å². The number of nitro groups is 1. The van der Waals surface area contributed by atoms with Gasteiger partial charge in [0.25, 0.3) is 11.7 Å². The standard InChI is InChI=1S/C10H12N4O3/c1-11-5-6-12-10-13-9-7(14(15)16)3-2-4-8(9)17-10/h2-4,11H,5-6H2,1H3,(H,12,13). The summed E-state index contributed by atoms with van der Waals surface area (Å²) < 4.78 is 5.35. The molecule has 0 aliphatic carbocycles. The van der Waals surface area contributed by atoms with Crippen molar-refractivity contribution in [3.05, 3.63) is 28.3 Å². The van der Waals surface area contributed by atoms with Crippen molar-refractivity contribution in [1.82, 2.24) is 10.3 Å². The van der Waals surface area contributed by atoms with Gasteiger partial charge >= 0.3 is 0 Å². The zero-order valence-electron chi connectivity index (χ0n) is 9.27. The number of hydrogen-bond donors (Lipinski definition) is 2. The van der Waals surface area contributed by atoms with Crippen LogP contribution in [0.3, 0.4) is 0 Å². The lowest BCUT2D eigenvalue weighted by molar-refractivity contribution is -0.383. The number of hydrogen-bond acceptors (Lipinski definition) is 6. The van der Waals surface area contributed by atoms with Gasteiger partial charge in [-0.3, -0.25) is 10.1 Å². The van der Waals surface area contributed by atoms with Crippen molar-refractivity contribution in [1.29, 1.82) is 0 Å². The van der Waals surface area contributed by atoms with E-state index in [0.29, 0.717) is 18.1 Å². The molecule has 0 amide bonds. The summed E-state index contributed by atoms with van der Waals surface area (Å²) in [6.45, 7) is 1.39. The SMILES string of the molecule is CNCCNc1nc2c([N+](=O)[O-])cccc2o1. The first-order valence-electron chi connectivity index (χ1n) is 5.15. The first-order chi connectivity index (χ1) is 8.22. The second kappa shape index (κ2) is 4.79. The summed E-state index contributed by atoms with van der Waals surface area (Å²) in [5.41, 5.74) is 0.628. The minimum absolute atomic E-state index is 0.0482. The van der Waals surface area contributed by atoms with Crippen molar-refractivity contribution in [3.63, 3.8) is 0 Å². The molecule has 90 valence electrons. The fourth-order valence-corrected chi connectivity index (χ4v) is 1.45. The van der Waals surface area contributed by atoms with Gasteiger partial charge in [0.2, 0.25) is 0 Å². The molecule has 1 heterocycles. The number of nitrogens with zero attached hydrogens (tertiary/aromatic N) is 2. The molecule has 0 aliphatic heterocycles. The first-order valence-corrected chi connectivity index (χ1v) is 5.15. The maximum Gasteiger partial charge on any atom is 0.298 e. The molecule has 2 aromatic rings. The van der Waals surface area contributed by atoms with Gasteiger partial charge in [-0.1, -0.05) is 6.07 Å². The molecule has 7 heteroatoms. The Bertz CT molecular complexity index is 537. The van der Waals surface area contributed by atoms with Gasteiger partial charge in [0.15, 0.2) is 11.1 Å². The quantitative estimate of drug-likeness (QED) is 0.462. The summed E-state index contributed by atoms with van der Waals surface area (Å²) >= 11 is 0. The zero-order chi connectivity index (χ0) is 12.3. The van der Waals surface area contributed by atoms with E-state index in [1.807, 2.05) is 7.05 Å². The average molecular weight is 236 g/mol. The number of nitro benzene ring substituents is 1. The Morgan fingerprint density at radius 2 is 2.29 bits per heavy atom. The summed E-state index contributed by atoms with van der Waals surface area (Å²) in [6.07, 6.45) is 0. The van der Waals surface area contributed by atoms with Gasteiger partial charge in [0.05, 0.1) is 4.92 Å². The van der Waals surface area contributed by atoms with Crippen molar-refractivity contribution in [2.75, 3.05) is 25.5 Å². The predicted molar refractivity (Wildman–Crippen MR) is 63.1 cm³/mol. The fourth-order valence-electron chi connectivity index (χ4n) is 1.45. The van der Waals surface area contributed by atoms with Crippen molar-refractivity contribution in [3.8, 4) is 0 Å². The van der Waals surface area contributed by atoms with Crippen LogP contribution in [0, 0.1) is 10.1 Å². The fraction of sp³-hybridized carbons (Fsp3) is 0.300. The molecule has 0 unspecified atom stereocenters. The third kappa shape index (κ3) is 2.34. The van der Waals surface area contributed by atoms with Gasteiger partial charge in [-0.2, -0.15) is 4.98 Å². The van der Waals surface area contributed by atoms with Gasteiger partial charge in [-0.25, -0.2) is 0 Å². The number of rotatable bonds is 5. The maximum atomic E-state index is 10.8. The monoisotopic (exact) mass is 236 g/mol. The Balaban J connectivity index is 2.30. The third-order valence-corrected chi connectivity index (χ3v) is 2.25.